The van der Waals surface area contributed by atoms with Crippen LogP contribution in [0.3, 0.4) is 0 Å². The zero-order chi connectivity index (χ0) is 24.1. The first-order valence-corrected chi connectivity index (χ1v) is 11.6. The van der Waals surface area contributed by atoms with Gasteiger partial charge in [0.15, 0.2) is 9.84 Å². The molecule has 0 spiro atoms. The van der Waals surface area contributed by atoms with Crippen LogP contribution in [0.25, 0.3) is 0 Å². The number of sulfone groups is 1. The molecule has 1 amide bonds. The van der Waals surface area contributed by atoms with Crippen molar-refractivity contribution >= 4 is 32.8 Å². The number of carbonyl (C=O) groups is 1. The summed E-state index contributed by atoms with van der Waals surface area (Å²) in [6.45, 7) is 1.46. The van der Waals surface area contributed by atoms with Gasteiger partial charge in [-0.1, -0.05) is 0 Å². The Morgan fingerprint density at radius 3 is 2.12 bits per heavy atom. The van der Waals surface area contributed by atoms with Crippen LogP contribution >= 0.6 is 0 Å². The van der Waals surface area contributed by atoms with E-state index >= 15 is 0 Å². The molecule has 1 aliphatic heterocycles. The van der Waals surface area contributed by atoms with Crippen LogP contribution in [0.1, 0.15) is 21.5 Å². The van der Waals surface area contributed by atoms with Gasteiger partial charge in [-0.15, -0.1) is 0 Å². The van der Waals surface area contributed by atoms with E-state index in [1.165, 1.54) is 52.3 Å². The number of hydrogen-bond acceptors (Lipinski definition) is 4. The Morgan fingerprint density at radius 1 is 0.879 bits per heavy atom. The second kappa shape index (κ2) is 7.87. The average Bonchev–Trinajstić information content (AvgIpc) is 2.73. The molecule has 0 saturated heterocycles. The number of alkyl halides is 3. The quantitative estimate of drug-likeness (QED) is 0.479. The van der Waals surface area contributed by atoms with Crippen molar-refractivity contribution in [1.29, 1.82) is 0 Å². The second-order valence-corrected chi connectivity index (χ2v) is 9.74. The fraction of sp³-hybridized carbons (Fsp3) is 0.174. The third-order valence-corrected chi connectivity index (χ3v) is 6.53. The predicted molar refractivity (Wildman–Crippen MR) is 116 cm³/mol. The lowest BCUT2D eigenvalue weighted by Crippen LogP contribution is -2.45. The Labute approximate surface area is 187 Å². The molecule has 172 valence electrons. The minimum atomic E-state index is -4.61. The fourth-order valence-electron chi connectivity index (χ4n) is 3.74. The van der Waals surface area contributed by atoms with Crippen molar-refractivity contribution in [3.63, 3.8) is 0 Å². The average molecular weight is 478 g/mol. The molecule has 5 nitrogen and oxygen atoms in total. The number of aryl methyl sites for hydroxylation is 1. The Morgan fingerprint density at radius 2 is 1.55 bits per heavy atom. The van der Waals surface area contributed by atoms with Crippen molar-refractivity contribution in [1.82, 2.24) is 0 Å². The summed E-state index contributed by atoms with van der Waals surface area (Å²) in [4.78, 5) is 16.1. The fourth-order valence-corrected chi connectivity index (χ4v) is 4.37. The van der Waals surface area contributed by atoms with E-state index in [0.717, 1.165) is 24.5 Å². The summed E-state index contributed by atoms with van der Waals surface area (Å²) in [6, 6.07) is 12.4. The van der Waals surface area contributed by atoms with Crippen LogP contribution in [0, 0.1) is 12.7 Å². The molecular formula is C23H18F4N2O3S. The highest BCUT2D eigenvalue weighted by Crippen LogP contribution is 2.40. The van der Waals surface area contributed by atoms with E-state index in [2.05, 4.69) is 0 Å². The monoisotopic (exact) mass is 478 g/mol. The van der Waals surface area contributed by atoms with Crippen molar-refractivity contribution in [2.24, 2.45) is 0 Å². The Balaban J connectivity index is 1.86. The van der Waals surface area contributed by atoms with Crippen molar-refractivity contribution in [3.05, 3.63) is 83.2 Å². The predicted octanol–water partition coefficient (Wildman–Crippen LogP) is 5.31. The maximum absolute atomic E-state index is 13.7. The second-order valence-electron chi connectivity index (χ2n) is 7.73. The van der Waals surface area contributed by atoms with Gasteiger partial charge in [0, 0.05) is 17.6 Å². The molecule has 33 heavy (non-hydrogen) atoms. The summed E-state index contributed by atoms with van der Waals surface area (Å²) in [6.07, 6.45) is -3.55. The van der Waals surface area contributed by atoms with Gasteiger partial charge in [0.1, 0.15) is 12.5 Å². The molecule has 0 fully saturated rings. The van der Waals surface area contributed by atoms with Crippen LogP contribution in [-0.4, -0.2) is 27.2 Å². The van der Waals surface area contributed by atoms with Crippen molar-refractivity contribution < 1.29 is 30.8 Å². The van der Waals surface area contributed by atoms with Gasteiger partial charge in [0.05, 0.1) is 21.7 Å². The third-order valence-electron chi connectivity index (χ3n) is 5.40. The number of benzene rings is 3. The molecule has 10 heteroatoms. The third kappa shape index (κ3) is 4.30. The first-order valence-electron chi connectivity index (χ1n) is 9.73. The summed E-state index contributed by atoms with van der Waals surface area (Å²) < 4.78 is 77.3. The first kappa shape index (κ1) is 22.8. The highest BCUT2D eigenvalue weighted by Gasteiger charge is 2.36. The topological polar surface area (TPSA) is 57.7 Å². The summed E-state index contributed by atoms with van der Waals surface area (Å²) in [5.74, 6) is -1.04. The number of amides is 1. The van der Waals surface area contributed by atoms with Crippen LogP contribution in [0.5, 0.6) is 0 Å². The highest BCUT2D eigenvalue weighted by atomic mass is 32.2. The smallest absolute Gasteiger partial charge is 0.322 e. The van der Waals surface area contributed by atoms with Gasteiger partial charge < -0.3 is 4.90 Å². The summed E-state index contributed by atoms with van der Waals surface area (Å²) in [5, 5.41) is 0. The highest BCUT2D eigenvalue weighted by molar-refractivity contribution is 7.90. The van der Waals surface area contributed by atoms with E-state index in [-0.39, 0.29) is 22.8 Å². The van der Waals surface area contributed by atoms with Crippen molar-refractivity contribution in [3.8, 4) is 0 Å². The lowest BCUT2D eigenvalue weighted by molar-refractivity contribution is -0.137. The van der Waals surface area contributed by atoms with Gasteiger partial charge in [-0.25, -0.2) is 12.8 Å². The minimum Gasteiger partial charge on any atom is -0.322 e. The Kier molecular flexibility index (Phi) is 5.44. The zero-order valence-electron chi connectivity index (χ0n) is 17.5. The normalized spacial score (nSPS) is 14.4. The van der Waals surface area contributed by atoms with E-state index in [4.69, 9.17) is 0 Å². The Bertz CT molecular complexity index is 1350. The molecule has 0 atom stereocenters. The molecule has 0 N–H and O–H groups in total. The maximum Gasteiger partial charge on any atom is 0.416 e. The molecule has 0 saturated carbocycles. The summed E-state index contributed by atoms with van der Waals surface area (Å²) in [7, 11) is -3.45. The van der Waals surface area contributed by atoms with Gasteiger partial charge in [0.25, 0.3) is 5.91 Å². The molecule has 3 aromatic rings. The van der Waals surface area contributed by atoms with Gasteiger partial charge in [-0.2, -0.15) is 13.2 Å². The van der Waals surface area contributed by atoms with E-state index < -0.39 is 33.3 Å². The molecule has 0 bridgehead atoms. The number of fused-ring (bicyclic) bond motifs is 1. The molecular weight excluding hydrogens is 460 g/mol. The number of carbonyl (C=O) groups excluding carboxylic acids is 1. The maximum atomic E-state index is 13.7. The van der Waals surface area contributed by atoms with Crippen LogP contribution in [0.4, 0.5) is 34.6 Å². The number of rotatable bonds is 3. The molecule has 0 aromatic heterocycles. The van der Waals surface area contributed by atoms with Crippen molar-refractivity contribution in [2.45, 2.75) is 18.0 Å². The SMILES string of the molecule is Cc1cc(F)ccc1N1CN(c2ccc(S(C)(=O)=O)cc2)C(=O)c2ccc(C(F)(F)F)cc21. The van der Waals surface area contributed by atoms with Gasteiger partial charge in [-0.3, -0.25) is 9.69 Å². The number of halogens is 4. The van der Waals surface area contributed by atoms with Crippen LogP contribution in [0.15, 0.2) is 65.6 Å². The van der Waals surface area contributed by atoms with Crippen LogP contribution < -0.4 is 9.80 Å². The molecule has 0 radical (unpaired) electrons. The molecule has 1 aliphatic rings. The molecule has 1 heterocycles. The zero-order valence-corrected chi connectivity index (χ0v) is 18.3. The number of nitrogens with zero attached hydrogens (tertiary/aromatic N) is 2. The Hall–Kier alpha value is -3.40. The van der Waals surface area contributed by atoms with E-state index in [1.807, 2.05) is 0 Å². The van der Waals surface area contributed by atoms with Crippen LogP contribution in [0.2, 0.25) is 0 Å². The van der Waals surface area contributed by atoms with E-state index in [9.17, 15) is 30.8 Å². The largest absolute Gasteiger partial charge is 0.416 e. The molecule has 0 unspecified atom stereocenters. The molecule has 0 aliphatic carbocycles. The van der Waals surface area contributed by atoms with Gasteiger partial charge >= 0.3 is 6.18 Å². The van der Waals surface area contributed by atoms with E-state index in [1.54, 1.807) is 6.92 Å². The number of hydrogen-bond donors (Lipinski definition) is 0. The standard InChI is InChI=1S/C23H18F4N2O3S/c1-14-11-16(24)4-10-20(14)29-13-28(17-5-7-18(8-6-17)33(2,31)32)22(30)19-9-3-15(12-21(19)29)23(25,26)27/h3-12H,13H2,1-2H3. The van der Waals surface area contributed by atoms with Crippen LogP contribution in [-0.2, 0) is 16.0 Å². The van der Waals surface area contributed by atoms with Gasteiger partial charge in [0.2, 0.25) is 0 Å². The summed E-state index contributed by atoms with van der Waals surface area (Å²) in [5.41, 5.74) is 0.438. The molecule has 3 aromatic carbocycles. The van der Waals surface area contributed by atoms with E-state index in [0.29, 0.717) is 16.9 Å². The summed E-state index contributed by atoms with van der Waals surface area (Å²) >= 11 is 0. The van der Waals surface area contributed by atoms with Crippen molar-refractivity contribution in [2.75, 3.05) is 22.7 Å². The minimum absolute atomic E-state index is 0.0326. The lowest BCUT2D eigenvalue weighted by atomic mass is 10.0. The number of anilines is 3. The first-order chi connectivity index (χ1) is 15.4. The lowest BCUT2D eigenvalue weighted by Gasteiger charge is -2.39. The molecule has 4 rings (SSSR count). The van der Waals surface area contributed by atoms with Gasteiger partial charge in [-0.05, 0) is 73.2 Å².